The zero-order valence-corrected chi connectivity index (χ0v) is 15.5. The first kappa shape index (κ1) is 17.0. The molecule has 0 amide bonds. The standard InChI is InChI=1S/C21H34O3/c1-12(22)16-6-7-17-15-5-4-13-10-14(23)8-9-20(13,2)18(15)11-19(24)21(16,17)3/h13-19,23-24H,4-11H2,1-3H3/t13-,14+,15+,16-,17+,18+,19+,20+,21-/m1/s1. The van der Waals surface area contributed by atoms with Gasteiger partial charge in [-0.25, -0.2) is 0 Å². The topological polar surface area (TPSA) is 57.5 Å². The fourth-order valence-electron chi connectivity index (χ4n) is 7.86. The summed E-state index contributed by atoms with van der Waals surface area (Å²) in [5.74, 6) is 2.69. The highest BCUT2D eigenvalue weighted by Crippen LogP contribution is 2.67. The van der Waals surface area contributed by atoms with Gasteiger partial charge < -0.3 is 10.2 Å². The van der Waals surface area contributed by atoms with Gasteiger partial charge in [-0.05, 0) is 87.4 Å². The van der Waals surface area contributed by atoms with Crippen molar-refractivity contribution < 1.29 is 15.0 Å². The highest BCUT2D eigenvalue weighted by molar-refractivity contribution is 5.79. The average Bonchev–Trinajstić information content (AvgIpc) is 2.88. The molecule has 0 aromatic rings. The molecule has 0 bridgehead atoms. The Morgan fingerprint density at radius 2 is 1.71 bits per heavy atom. The molecule has 4 fully saturated rings. The summed E-state index contributed by atoms with van der Waals surface area (Å²) in [7, 11) is 0. The maximum atomic E-state index is 12.2. The first-order valence-electron chi connectivity index (χ1n) is 10.1. The van der Waals surface area contributed by atoms with E-state index in [4.69, 9.17) is 0 Å². The number of aliphatic hydroxyl groups excluding tert-OH is 2. The van der Waals surface area contributed by atoms with Gasteiger partial charge >= 0.3 is 0 Å². The van der Waals surface area contributed by atoms with Crippen LogP contribution in [0.25, 0.3) is 0 Å². The van der Waals surface area contributed by atoms with Gasteiger partial charge in [-0.2, -0.15) is 0 Å². The van der Waals surface area contributed by atoms with Crippen molar-refractivity contribution in [1.82, 2.24) is 0 Å². The molecular weight excluding hydrogens is 300 g/mol. The number of carbonyl (C=O) groups is 1. The maximum absolute atomic E-state index is 12.2. The van der Waals surface area contributed by atoms with E-state index in [0.717, 1.165) is 38.5 Å². The smallest absolute Gasteiger partial charge is 0.133 e. The van der Waals surface area contributed by atoms with Crippen molar-refractivity contribution >= 4 is 5.78 Å². The van der Waals surface area contributed by atoms with Crippen LogP contribution in [0.2, 0.25) is 0 Å². The highest BCUT2D eigenvalue weighted by atomic mass is 16.3. The van der Waals surface area contributed by atoms with Gasteiger partial charge in [-0.1, -0.05) is 13.8 Å². The Kier molecular flexibility index (Phi) is 3.93. The van der Waals surface area contributed by atoms with E-state index in [2.05, 4.69) is 13.8 Å². The molecule has 4 saturated carbocycles. The number of fused-ring (bicyclic) bond motifs is 5. The molecule has 0 heterocycles. The lowest BCUT2D eigenvalue weighted by atomic mass is 9.44. The monoisotopic (exact) mass is 334 g/mol. The molecule has 0 unspecified atom stereocenters. The minimum atomic E-state index is -0.345. The summed E-state index contributed by atoms with van der Waals surface area (Å²) in [6.07, 6.45) is 7.92. The van der Waals surface area contributed by atoms with E-state index in [1.165, 1.54) is 12.8 Å². The van der Waals surface area contributed by atoms with Gasteiger partial charge in [-0.3, -0.25) is 4.79 Å². The first-order valence-corrected chi connectivity index (χ1v) is 10.1. The second-order valence-corrected chi connectivity index (χ2v) is 9.94. The molecule has 136 valence electrons. The number of carbonyl (C=O) groups excluding carboxylic acids is 1. The number of Topliss-reactive ketones (excluding diaryl/α,β-unsaturated/α-hetero) is 1. The summed E-state index contributed by atoms with van der Waals surface area (Å²) < 4.78 is 0. The molecule has 4 rings (SSSR count). The maximum Gasteiger partial charge on any atom is 0.133 e. The molecule has 24 heavy (non-hydrogen) atoms. The van der Waals surface area contributed by atoms with Crippen LogP contribution in [0, 0.1) is 40.4 Å². The third-order valence-corrected chi connectivity index (χ3v) is 9.24. The predicted octanol–water partition coefficient (Wildman–Crippen LogP) is 3.57. The van der Waals surface area contributed by atoms with E-state index in [1.807, 2.05) is 0 Å². The summed E-state index contributed by atoms with van der Waals surface area (Å²) in [6, 6.07) is 0. The van der Waals surface area contributed by atoms with E-state index in [0.29, 0.717) is 23.7 Å². The fourth-order valence-corrected chi connectivity index (χ4v) is 7.86. The summed E-state index contributed by atoms with van der Waals surface area (Å²) >= 11 is 0. The van der Waals surface area contributed by atoms with Gasteiger partial charge in [0.2, 0.25) is 0 Å². The largest absolute Gasteiger partial charge is 0.393 e. The van der Waals surface area contributed by atoms with E-state index < -0.39 is 0 Å². The Morgan fingerprint density at radius 3 is 2.42 bits per heavy atom. The Hall–Kier alpha value is -0.410. The Balaban J connectivity index is 1.66. The van der Waals surface area contributed by atoms with Crippen LogP contribution in [0.3, 0.4) is 0 Å². The van der Waals surface area contributed by atoms with E-state index in [9.17, 15) is 15.0 Å². The molecule has 0 radical (unpaired) electrons. The van der Waals surface area contributed by atoms with Crippen LogP contribution in [0.15, 0.2) is 0 Å². The number of hydrogen-bond acceptors (Lipinski definition) is 3. The van der Waals surface area contributed by atoms with Crippen LogP contribution in [0.1, 0.15) is 72.1 Å². The van der Waals surface area contributed by atoms with Crippen LogP contribution in [-0.2, 0) is 4.79 Å². The molecule has 0 aromatic heterocycles. The molecule has 4 aliphatic rings. The van der Waals surface area contributed by atoms with Crippen LogP contribution < -0.4 is 0 Å². The van der Waals surface area contributed by atoms with Crippen molar-refractivity contribution in [3.8, 4) is 0 Å². The molecule has 0 aromatic carbocycles. The SMILES string of the molecule is CC(=O)[C@H]1CC[C@H]2[C@@H]3CC[C@@H]4C[C@@H](O)CC[C@]4(C)[C@H]3C[C@H](O)[C@]12C. The molecule has 0 aliphatic heterocycles. The van der Waals surface area contributed by atoms with Gasteiger partial charge in [0.1, 0.15) is 5.78 Å². The predicted molar refractivity (Wildman–Crippen MR) is 93.3 cm³/mol. The van der Waals surface area contributed by atoms with Gasteiger partial charge in [0.05, 0.1) is 12.2 Å². The van der Waals surface area contributed by atoms with Gasteiger partial charge in [-0.15, -0.1) is 0 Å². The van der Waals surface area contributed by atoms with Crippen molar-refractivity contribution in [3.63, 3.8) is 0 Å². The molecular formula is C21H34O3. The molecule has 4 aliphatic carbocycles. The third-order valence-electron chi connectivity index (χ3n) is 9.24. The zero-order valence-electron chi connectivity index (χ0n) is 15.5. The second-order valence-electron chi connectivity index (χ2n) is 9.94. The summed E-state index contributed by atoms with van der Waals surface area (Å²) in [5, 5.41) is 21.3. The van der Waals surface area contributed by atoms with Gasteiger partial charge in [0, 0.05) is 11.3 Å². The van der Waals surface area contributed by atoms with Crippen molar-refractivity contribution in [2.24, 2.45) is 40.4 Å². The minimum Gasteiger partial charge on any atom is -0.393 e. The van der Waals surface area contributed by atoms with Crippen LogP contribution >= 0.6 is 0 Å². The lowest BCUT2D eigenvalue weighted by Gasteiger charge is -2.62. The second kappa shape index (κ2) is 5.54. The van der Waals surface area contributed by atoms with E-state index in [1.54, 1.807) is 6.92 Å². The van der Waals surface area contributed by atoms with Crippen molar-refractivity contribution in [3.05, 3.63) is 0 Å². The van der Waals surface area contributed by atoms with Crippen LogP contribution in [-0.4, -0.2) is 28.2 Å². The minimum absolute atomic E-state index is 0.0529. The molecule has 3 nitrogen and oxygen atoms in total. The highest BCUT2D eigenvalue weighted by Gasteiger charge is 2.63. The number of hydrogen-bond donors (Lipinski definition) is 2. The lowest BCUT2D eigenvalue weighted by molar-refractivity contribution is -0.173. The summed E-state index contributed by atoms with van der Waals surface area (Å²) in [4.78, 5) is 12.2. The molecule has 0 spiro atoms. The van der Waals surface area contributed by atoms with E-state index in [-0.39, 0.29) is 34.7 Å². The first-order chi connectivity index (χ1) is 11.3. The molecule has 3 heteroatoms. The summed E-state index contributed by atoms with van der Waals surface area (Å²) in [5.41, 5.74) is 0.0726. The van der Waals surface area contributed by atoms with Crippen molar-refractivity contribution in [2.75, 3.05) is 0 Å². The number of rotatable bonds is 1. The Labute approximate surface area is 146 Å². The molecule has 9 atom stereocenters. The Morgan fingerprint density at radius 1 is 0.958 bits per heavy atom. The average molecular weight is 335 g/mol. The summed E-state index contributed by atoms with van der Waals surface area (Å²) in [6.45, 7) is 6.36. The van der Waals surface area contributed by atoms with Gasteiger partial charge in [0.15, 0.2) is 0 Å². The number of aliphatic hydroxyl groups is 2. The number of ketones is 1. The normalized spacial score (nSPS) is 57.0. The zero-order chi connectivity index (χ0) is 17.3. The van der Waals surface area contributed by atoms with Crippen LogP contribution in [0.5, 0.6) is 0 Å². The van der Waals surface area contributed by atoms with Crippen LogP contribution in [0.4, 0.5) is 0 Å². The lowest BCUT2D eigenvalue weighted by Crippen LogP contribution is -2.58. The van der Waals surface area contributed by atoms with Crippen molar-refractivity contribution in [2.45, 2.75) is 84.3 Å². The molecule has 2 N–H and O–H groups in total. The molecule has 0 saturated heterocycles. The Bertz CT molecular complexity index is 531. The van der Waals surface area contributed by atoms with Gasteiger partial charge in [0.25, 0.3) is 0 Å². The van der Waals surface area contributed by atoms with E-state index >= 15 is 0 Å². The fraction of sp³-hybridized carbons (Fsp3) is 0.952. The van der Waals surface area contributed by atoms with Crippen molar-refractivity contribution in [1.29, 1.82) is 0 Å². The quantitative estimate of drug-likeness (QED) is 0.771. The third kappa shape index (κ3) is 2.13.